The van der Waals surface area contributed by atoms with E-state index in [1.165, 1.54) is 29.2 Å². The molecule has 4 aromatic carbocycles. The Hall–Kier alpha value is -6.48. The van der Waals surface area contributed by atoms with Gasteiger partial charge in [0.05, 0.1) is 29.3 Å². The van der Waals surface area contributed by atoms with Gasteiger partial charge in [0.1, 0.15) is 34.1 Å². The summed E-state index contributed by atoms with van der Waals surface area (Å²) in [4.78, 5) is 46.5. The van der Waals surface area contributed by atoms with Gasteiger partial charge in [-0.05, 0) is 81.3 Å². The molecule has 0 saturated heterocycles. The number of alkyl halides is 3. The van der Waals surface area contributed by atoms with Crippen LogP contribution < -0.4 is 25.1 Å². The summed E-state index contributed by atoms with van der Waals surface area (Å²) in [6.45, 7) is 7.29. The van der Waals surface area contributed by atoms with E-state index in [4.69, 9.17) is 13.9 Å². The second-order valence-corrected chi connectivity index (χ2v) is 20.7. The summed E-state index contributed by atoms with van der Waals surface area (Å²) >= 11 is 0. The Balaban J connectivity index is 1.47. The smallest absolute Gasteiger partial charge is 0.417 e. The number of fused-ring (bicyclic) bond motifs is 9. The van der Waals surface area contributed by atoms with Crippen LogP contribution in [0.3, 0.4) is 0 Å². The van der Waals surface area contributed by atoms with Gasteiger partial charge in [0, 0.05) is 94.2 Å². The predicted molar refractivity (Wildman–Crippen MR) is 239 cm³/mol. The molecule has 0 bridgehead atoms. The highest BCUT2D eigenvalue weighted by Crippen LogP contribution is 2.62. The number of methoxy groups -OCH3 is 1. The van der Waals surface area contributed by atoms with Crippen LogP contribution in [0, 0.1) is 0 Å². The highest BCUT2D eigenvalue weighted by molar-refractivity contribution is 7.86. The van der Waals surface area contributed by atoms with Crippen molar-refractivity contribution in [2.75, 3.05) is 47.4 Å². The fraction of sp³-hybridized carbons (Fsp3) is 0.283. The fourth-order valence-electron chi connectivity index (χ4n) is 9.70. The molecule has 4 aliphatic rings. The van der Waals surface area contributed by atoms with Gasteiger partial charge in [-0.25, -0.2) is 9.59 Å². The molecule has 5 aromatic rings. The quantitative estimate of drug-likeness (QED) is 0.0955. The van der Waals surface area contributed by atoms with E-state index in [-0.39, 0.29) is 67.3 Å². The van der Waals surface area contributed by atoms with Crippen LogP contribution in [0.4, 0.5) is 30.2 Å². The SMILES string of the molecule is COC(=O)c1ccc2c(c1)C1(c3cc4c(cc3Oc3cc5c(cc31)C(CS(=O)(=O)O)=CC(C)(C)N5C)N(C)C(C)(C)C=C4CS(=O)(=O)O)N(c1ccc3c(C(F)(F)F)cc(=O)oc3c1)C2=O. The zero-order valence-corrected chi connectivity index (χ0v) is 37.8. The molecule has 20 heteroatoms. The number of carbonyl (C=O) groups excluding carboxylic acids is 2. The third-order valence-corrected chi connectivity index (χ3v) is 14.3. The molecular weight excluding hydrogens is 908 g/mol. The summed E-state index contributed by atoms with van der Waals surface area (Å²) in [5.74, 6) is -3.04. The number of hydrogen-bond donors (Lipinski definition) is 2. The number of nitrogens with zero attached hydrogens (tertiary/aromatic N) is 3. The van der Waals surface area contributed by atoms with Gasteiger partial charge < -0.3 is 23.7 Å². The van der Waals surface area contributed by atoms with Gasteiger partial charge in [-0.1, -0.05) is 12.2 Å². The minimum Gasteiger partial charge on any atom is -0.465 e. The number of esters is 1. The molecule has 0 saturated carbocycles. The van der Waals surface area contributed by atoms with Crippen LogP contribution in [0.5, 0.6) is 11.5 Å². The molecule has 9 rings (SSSR count). The van der Waals surface area contributed by atoms with Gasteiger partial charge in [-0.2, -0.15) is 30.0 Å². The minimum absolute atomic E-state index is 0.0126. The summed E-state index contributed by atoms with van der Waals surface area (Å²) < 4.78 is 131. The molecule has 66 heavy (non-hydrogen) atoms. The lowest BCUT2D eigenvalue weighted by molar-refractivity contribution is -0.136. The second kappa shape index (κ2) is 14.3. The van der Waals surface area contributed by atoms with Crippen molar-refractivity contribution in [3.8, 4) is 11.5 Å². The monoisotopic (exact) mass is 947 g/mol. The van der Waals surface area contributed by atoms with E-state index in [0.717, 1.165) is 19.2 Å². The van der Waals surface area contributed by atoms with Crippen molar-refractivity contribution in [3.05, 3.63) is 134 Å². The van der Waals surface area contributed by atoms with E-state index in [2.05, 4.69) is 0 Å². The van der Waals surface area contributed by atoms with E-state index in [0.29, 0.717) is 17.4 Å². The highest BCUT2D eigenvalue weighted by Gasteiger charge is 2.58. The first kappa shape index (κ1) is 44.7. The topological polar surface area (TPSA) is 201 Å². The Morgan fingerprint density at radius 2 is 1.26 bits per heavy atom. The van der Waals surface area contributed by atoms with Crippen molar-refractivity contribution in [3.63, 3.8) is 0 Å². The standard InChI is InChI=1S/C46H40F3N3O12S2/c1-43(2)19-24(21-65(56,57)58)29-14-33-38(17-35(29)50(43)5)63-39-18-36-30(25(22-66(59,60)61)20-44(3,4)51(36)6)15-34(39)45(33)31-12-23(42(55)62-7)8-10-28(31)41(54)52(45)26-9-11-27-32(46(47,48)49)16-40(53)64-37(27)13-26/h8-20H,21-22H2,1-7H3,(H,56,57,58)(H,59,60,61). The lowest BCUT2D eigenvalue weighted by Gasteiger charge is -2.47. The molecule has 344 valence electrons. The number of likely N-dealkylation sites (N-methyl/N-ethyl adjacent to an activating group) is 2. The Bertz CT molecular complexity index is 3270. The number of rotatable bonds is 6. The number of hydrogen-bond acceptors (Lipinski definition) is 12. The van der Waals surface area contributed by atoms with Crippen LogP contribution in [0.25, 0.3) is 22.1 Å². The zero-order valence-electron chi connectivity index (χ0n) is 36.2. The van der Waals surface area contributed by atoms with Gasteiger partial charge in [0.2, 0.25) is 0 Å². The normalized spacial score (nSPS) is 17.9. The van der Waals surface area contributed by atoms with E-state index in [1.54, 1.807) is 50.5 Å². The van der Waals surface area contributed by atoms with Gasteiger partial charge in [0.15, 0.2) is 0 Å². The average molecular weight is 948 g/mol. The van der Waals surface area contributed by atoms with Crippen LogP contribution in [0.15, 0.2) is 88.1 Å². The Morgan fingerprint density at radius 3 is 1.74 bits per heavy atom. The number of carbonyl (C=O) groups is 2. The minimum atomic E-state index is -4.98. The Morgan fingerprint density at radius 1 is 0.727 bits per heavy atom. The second-order valence-electron chi connectivity index (χ2n) is 17.8. The molecule has 0 unspecified atom stereocenters. The van der Waals surface area contributed by atoms with Crippen molar-refractivity contribution >= 4 is 71.3 Å². The molecule has 0 aliphatic carbocycles. The Kier molecular flexibility index (Phi) is 9.66. The third-order valence-electron chi connectivity index (χ3n) is 13.0. The first-order valence-corrected chi connectivity index (χ1v) is 23.4. The maximum Gasteiger partial charge on any atom is 0.417 e. The molecule has 15 nitrogen and oxygen atoms in total. The van der Waals surface area contributed by atoms with Crippen molar-refractivity contribution < 1.29 is 62.6 Å². The van der Waals surface area contributed by atoms with Crippen molar-refractivity contribution in [2.24, 2.45) is 0 Å². The molecule has 0 radical (unpaired) electrons. The summed E-state index contributed by atoms with van der Waals surface area (Å²) in [6, 6.07) is 14.2. The van der Waals surface area contributed by atoms with Crippen LogP contribution in [-0.2, 0) is 36.7 Å². The van der Waals surface area contributed by atoms with E-state index < -0.39 is 88.6 Å². The van der Waals surface area contributed by atoms with Crippen molar-refractivity contribution in [1.82, 2.24) is 0 Å². The zero-order chi connectivity index (χ0) is 48.0. The maximum absolute atomic E-state index is 15.5. The number of amides is 1. The number of benzene rings is 4. The van der Waals surface area contributed by atoms with Gasteiger partial charge in [0.25, 0.3) is 26.1 Å². The summed E-state index contributed by atoms with van der Waals surface area (Å²) in [7, 11) is -4.68. The summed E-state index contributed by atoms with van der Waals surface area (Å²) in [6.07, 6.45) is -1.67. The molecule has 0 atom stereocenters. The molecule has 1 aromatic heterocycles. The number of halogens is 3. The number of anilines is 3. The van der Waals surface area contributed by atoms with Gasteiger partial charge in [-0.15, -0.1) is 0 Å². The van der Waals surface area contributed by atoms with E-state index in [1.807, 2.05) is 37.5 Å². The van der Waals surface area contributed by atoms with E-state index in [9.17, 15) is 48.7 Å². The summed E-state index contributed by atoms with van der Waals surface area (Å²) in [5, 5.41) is -0.496. The van der Waals surface area contributed by atoms with Gasteiger partial charge >= 0.3 is 17.8 Å². The van der Waals surface area contributed by atoms with Crippen LogP contribution in [0.1, 0.15) is 81.8 Å². The molecule has 5 heterocycles. The van der Waals surface area contributed by atoms with Crippen LogP contribution in [0.2, 0.25) is 0 Å². The highest BCUT2D eigenvalue weighted by atomic mass is 32.2. The first-order valence-electron chi connectivity index (χ1n) is 20.2. The molecule has 0 fully saturated rings. The first-order chi connectivity index (χ1) is 30.6. The van der Waals surface area contributed by atoms with E-state index >= 15 is 4.79 Å². The van der Waals surface area contributed by atoms with Crippen molar-refractivity contribution in [1.29, 1.82) is 0 Å². The van der Waals surface area contributed by atoms with Crippen LogP contribution in [-0.4, -0.2) is 81.6 Å². The van der Waals surface area contributed by atoms with Crippen molar-refractivity contribution in [2.45, 2.75) is 50.5 Å². The molecule has 1 spiro atoms. The molecule has 2 N–H and O–H groups in total. The average Bonchev–Trinajstić information content (AvgIpc) is 3.46. The Labute approximate surface area is 375 Å². The molecule has 4 aliphatic heterocycles. The number of ether oxygens (including phenoxy) is 2. The lowest BCUT2D eigenvalue weighted by Crippen LogP contribution is -2.49. The maximum atomic E-state index is 15.5. The van der Waals surface area contributed by atoms with Gasteiger partial charge in [-0.3, -0.25) is 18.8 Å². The predicted octanol–water partition coefficient (Wildman–Crippen LogP) is 7.66. The lowest BCUT2D eigenvalue weighted by atomic mass is 9.71. The largest absolute Gasteiger partial charge is 0.465 e. The molecule has 1 amide bonds. The third kappa shape index (κ3) is 6.87. The summed E-state index contributed by atoms with van der Waals surface area (Å²) in [5.41, 5.74) is -4.88. The molecular formula is C46H40F3N3O12S2. The fourth-order valence-corrected chi connectivity index (χ4v) is 11.0. The van der Waals surface area contributed by atoms with Crippen LogP contribution >= 0.6 is 0 Å².